The molecule has 1 unspecified atom stereocenters. The Labute approximate surface area is 111 Å². The van der Waals surface area contributed by atoms with Crippen molar-refractivity contribution in [1.29, 1.82) is 0 Å². The molecule has 0 spiro atoms. The lowest BCUT2D eigenvalue weighted by Gasteiger charge is -2.13. The Kier molecular flexibility index (Phi) is 3.99. The van der Waals surface area contributed by atoms with Gasteiger partial charge in [-0.2, -0.15) is 0 Å². The number of rotatable bonds is 4. The summed E-state index contributed by atoms with van der Waals surface area (Å²) >= 11 is 6.01. The molecular weight excluding hydrogens is 250 g/mol. The second-order valence-electron chi connectivity index (χ2n) is 4.35. The minimum atomic E-state index is -0.746. The molecule has 18 heavy (non-hydrogen) atoms. The van der Waals surface area contributed by atoms with E-state index in [1.807, 2.05) is 19.1 Å². The molecule has 0 bridgehead atoms. The van der Waals surface area contributed by atoms with Crippen LogP contribution < -0.4 is 0 Å². The average Bonchev–Trinajstić information content (AvgIpc) is 2.75. The van der Waals surface area contributed by atoms with Gasteiger partial charge in [-0.05, 0) is 36.6 Å². The summed E-state index contributed by atoms with van der Waals surface area (Å²) in [6.07, 6.45) is 1.79. The molecule has 0 saturated heterocycles. The molecule has 5 heteroatoms. The molecule has 0 amide bonds. The van der Waals surface area contributed by atoms with Crippen LogP contribution in [0.1, 0.15) is 36.3 Å². The lowest BCUT2D eigenvalue weighted by molar-refractivity contribution is 0.207. The van der Waals surface area contributed by atoms with Crippen LogP contribution in [0, 0.1) is 6.92 Å². The molecule has 0 aliphatic heterocycles. The molecule has 96 valence electrons. The molecule has 2 aromatic rings. The van der Waals surface area contributed by atoms with Crippen LogP contribution in [-0.2, 0) is 6.54 Å². The van der Waals surface area contributed by atoms with E-state index >= 15 is 0 Å². The van der Waals surface area contributed by atoms with Crippen molar-refractivity contribution in [3.8, 4) is 0 Å². The largest absolute Gasteiger partial charge is 0.382 e. The predicted octanol–water partition coefficient (Wildman–Crippen LogP) is 2.73. The summed E-state index contributed by atoms with van der Waals surface area (Å²) in [4.78, 5) is 0. The second kappa shape index (κ2) is 5.50. The number of benzene rings is 1. The Morgan fingerprint density at radius 1 is 1.39 bits per heavy atom. The molecule has 2 rings (SSSR count). The highest BCUT2D eigenvalue weighted by Gasteiger charge is 2.16. The fourth-order valence-electron chi connectivity index (χ4n) is 1.96. The molecule has 1 aromatic carbocycles. The Morgan fingerprint density at radius 3 is 2.83 bits per heavy atom. The molecule has 4 nitrogen and oxygen atoms in total. The van der Waals surface area contributed by atoms with Gasteiger partial charge in [0.2, 0.25) is 0 Å². The van der Waals surface area contributed by atoms with Gasteiger partial charge in [0.1, 0.15) is 6.10 Å². The molecule has 1 aromatic heterocycles. The number of hydrogen-bond acceptors (Lipinski definition) is 3. The Hall–Kier alpha value is -1.39. The number of aliphatic hydroxyl groups is 1. The molecule has 0 saturated carbocycles. The molecule has 0 radical (unpaired) electrons. The highest BCUT2D eigenvalue weighted by Crippen LogP contribution is 2.25. The maximum Gasteiger partial charge on any atom is 0.122 e. The number of nitrogens with zero attached hydrogens (tertiary/aromatic N) is 3. The summed E-state index contributed by atoms with van der Waals surface area (Å²) in [5.74, 6) is 0. The molecule has 0 fully saturated rings. The maximum atomic E-state index is 10.4. The van der Waals surface area contributed by atoms with E-state index in [4.69, 9.17) is 11.6 Å². The zero-order valence-corrected chi connectivity index (χ0v) is 11.2. The predicted molar refractivity (Wildman–Crippen MR) is 70.6 cm³/mol. The summed E-state index contributed by atoms with van der Waals surface area (Å²) in [6.45, 7) is 4.75. The van der Waals surface area contributed by atoms with Crippen molar-refractivity contribution in [3.05, 3.63) is 46.2 Å². The Balaban J connectivity index is 2.34. The van der Waals surface area contributed by atoms with Gasteiger partial charge in [-0.1, -0.05) is 29.8 Å². The lowest BCUT2D eigenvalue weighted by Crippen LogP contribution is -2.10. The van der Waals surface area contributed by atoms with Crippen molar-refractivity contribution in [1.82, 2.24) is 15.0 Å². The Bertz CT molecular complexity index is 519. The van der Waals surface area contributed by atoms with Gasteiger partial charge in [0.05, 0.1) is 11.9 Å². The molecule has 1 heterocycles. The number of aliphatic hydroxyl groups excluding tert-OH is 1. The van der Waals surface area contributed by atoms with Gasteiger partial charge in [0, 0.05) is 11.6 Å². The van der Waals surface area contributed by atoms with Crippen LogP contribution in [0.25, 0.3) is 0 Å². The topological polar surface area (TPSA) is 50.9 Å². The standard InChI is InChI=1S/C13H16ClN3O/c1-3-4-17-12(8-15-16-17)13(18)10-5-9(2)6-11(14)7-10/h5-8,13,18H,3-4H2,1-2H3. The third kappa shape index (κ3) is 2.71. The van der Waals surface area contributed by atoms with Crippen LogP contribution in [0.2, 0.25) is 5.02 Å². The smallest absolute Gasteiger partial charge is 0.122 e. The average molecular weight is 266 g/mol. The summed E-state index contributed by atoms with van der Waals surface area (Å²) < 4.78 is 1.72. The SMILES string of the molecule is CCCn1nncc1C(O)c1cc(C)cc(Cl)c1. The van der Waals surface area contributed by atoms with Gasteiger partial charge in [-0.25, -0.2) is 4.68 Å². The monoisotopic (exact) mass is 265 g/mol. The minimum absolute atomic E-state index is 0.624. The van der Waals surface area contributed by atoms with Crippen LogP contribution in [0.15, 0.2) is 24.4 Å². The van der Waals surface area contributed by atoms with Gasteiger partial charge in [0.25, 0.3) is 0 Å². The van der Waals surface area contributed by atoms with Crippen LogP contribution in [0.3, 0.4) is 0 Å². The highest BCUT2D eigenvalue weighted by atomic mass is 35.5. The van der Waals surface area contributed by atoms with E-state index < -0.39 is 6.10 Å². The van der Waals surface area contributed by atoms with E-state index in [1.54, 1.807) is 16.9 Å². The van der Waals surface area contributed by atoms with E-state index in [0.29, 0.717) is 10.7 Å². The summed E-state index contributed by atoms with van der Waals surface area (Å²) in [5.41, 5.74) is 2.48. The van der Waals surface area contributed by atoms with Crippen molar-refractivity contribution in [2.75, 3.05) is 0 Å². The molecule has 1 atom stereocenters. The summed E-state index contributed by atoms with van der Waals surface area (Å²) in [5, 5.41) is 18.8. The van der Waals surface area contributed by atoms with Gasteiger partial charge in [-0.15, -0.1) is 5.10 Å². The van der Waals surface area contributed by atoms with E-state index in [1.165, 1.54) is 0 Å². The van der Waals surface area contributed by atoms with Crippen molar-refractivity contribution in [3.63, 3.8) is 0 Å². The van der Waals surface area contributed by atoms with E-state index in [-0.39, 0.29) is 0 Å². The van der Waals surface area contributed by atoms with Crippen molar-refractivity contribution >= 4 is 11.6 Å². The first-order valence-corrected chi connectivity index (χ1v) is 6.33. The van der Waals surface area contributed by atoms with Crippen molar-refractivity contribution in [2.24, 2.45) is 0 Å². The number of halogens is 1. The van der Waals surface area contributed by atoms with Gasteiger partial charge in [-0.3, -0.25) is 0 Å². The van der Waals surface area contributed by atoms with E-state index in [0.717, 1.165) is 24.1 Å². The molecule has 0 aliphatic rings. The third-order valence-electron chi connectivity index (χ3n) is 2.74. The van der Waals surface area contributed by atoms with Gasteiger partial charge < -0.3 is 5.11 Å². The first kappa shape index (κ1) is 13.1. The van der Waals surface area contributed by atoms with Crippen molar-refractivity contribution in [2.45, 2.75) is 32.9 Å². The number of aryl methyl sites for hydroxylation is 2. The van der Waals surface area contributed by atoms with Gasteiger partial charge >= 0.3 is 0 Å². The quantitative estimate of drug-likeness (QED) is 0.925. The first-order valence-electron chi connectivity index (χ1n) is 5.95. The van der Waals surface area contributed by atoms with E-state index in [9.17, 15) is 5.11 Å². The minimum Gasteiger partial charge on any atom is -0.382 e. The zero-order chi connectivity index (χ0) is 13.1. The van der Waals surface area contributed by atoms with Crippen LogP contribution in [0.5, 0.6) is 0 Å². The third-order valence-corrected chi connectivity index (χ3v) is 2.96. The van der Waals surface area contributed by atoms with Crippen LogP contribution in [0.4, 0.5) is 0 Å². The fourth-order valence-corrected chi connectivity index (χ4v) is 2.25. The maximum absolute atomic E-state index is 10.4. The lowest BCUT2D eigenvalue weighted by atomic mass is 10.0. The van der Waals surface area contributed by atoms with E-state index in [2.05, 4.69) is 17.2 Å². The normalized spacial score (nSPS) is 12.7. The van der Waals surface area contributed by atoms with Crippen LogP contribution in [-0.4, -0.2) is 20.1 Å². The first-order chi connectivity index (χ1) is 8.61. The van der Waals surface area contributed by atoms with Crippen LogP contribution >= 0.6 is 11.6 Å². The highest BCUT2D eigenvalue weighted by molar-refractivity contribution is 6.30. The molecule has 1 N–H and O–H groups in total. The summed E-state index contributed by atoms with van der Waals surface area (Å²) in [6, 6.07) is 5.54. The molecular formula is C13H16ClN3O. The fraction of sp³-hybridized carbons (Fsp3) is 0.385. The van der Waals surface area contributed by atoms with Crippen molar-refractivity contribution < 1.29 is 5.11 Å². The number of hydrogen-bond donors (Lipinski definition) is 1. The Morgan fingerprint density at radius 2 is 2.17 bits per heavy atom. The molecule has 0 aliphatic carbocycles. The van der Waals surface area contributed by atoms with Gasteiger partial charge in [0.15, 0.2) is 0 Å². The number of aromatic nitrogens is 3. The second-order valence-corrected chi connectivity index (χ2v) is 4.78. The summed E-state index contributed by atoms with van der Waals surface area (Å²) in [7, 11) is 0. The zero-order valence-electron chi connectivity index (χ0n) is 10.5.